The minimum absolute atomic E-state index is 0.0825. The van der Waals surface area contributed by atoms with Gasteiger partial charge < -0.3 is 14.2 Å². The third-order valence-corrected chi connectivity index (χ3v) is 3.96. The van der Waals surface area contributed by atoms with Crippen molar-refractivity contribution in [3.63, 3.8) is 0 Å². The first-order valence-corrected chi connectivity index (χ1v) is 7.78. The number of methoxy groups -OCH3 is 1. The number of amides is 1. The van der Waals surface area contributed by atoms with E-state index in [1.54, 1.807) is 18.2 Å². The quantitative estimate of drug-likeness (QED) is 0.855. The average molecular weight is 321 g/mol. The van der Waals surface area contributed by atoms with Crippen molar-refractivity contribution in [2.45, 2.75) is 11.8 Å². The van der Waals surface area contributed by atoms with E-state index in [-0.39, 0.29) is 22.2 Å². The third-order valence-electron chi connectivity index (χ3n) is 2.72. The van der Waals surface area contributed by atoms with E-state index in [1.165, 1.54) is 44.4 Å². The standard InChI is InChI=1S/C15H15NO5S/c1-11(17)16-14-10-13(8-9-15(14)20-2)22(18,19)21-12-6-4-3-5-7-12/h3-10H,1-2H3,(H,16,17). The van der Waals surface area contributed by atoms with Gasteiger partial charge in [0.1, 0.15) is 16.4 Å². The Balaban J connectivity index is 2.36. The zero-order chi connectivity index (χ0) is 16.2. The fourth-order valence-corrected chi connectivity index (χ4v) is 2.74. The second-order valence-corrected chi connectivity index (χ2v) is 5.94. The van der Waals surface area contributed by atoms with Crippen LogP contribution >= 0.6 is 0 Å². The minimum Gasteiger partial charge on any atom is -0.495 e. The van der Waals surface area contributed by atoms with Gasteiger partial charge in [-0.25, -0.2) is 0 Å². The summed E-state index contributed by atoms with van der Waals surface area (Å²) in [6, 6.07) is 12.3. The number of para-hydroxylation sites is 1. The van der Waals surface area contributed by atoms with Gasteiger partial charge in [-0.2, -0.15) is 8.42 Å². The van der Waals surface area contributed by atoms with Crippen LogP contribution in [0, 0.1) is 0 Å². The predicted octanol–water partition coefficient (Wildman–Crippen LogP) is 2.42. The summed E-state index contributed by atoms with van der Waals surface area (Å²) in [5.74, 6) is 0.227. The van der Waals surface area contributed by atoms with Crippen LogP contribution in [0.5, 0.6) is 11.5 Å². The Hall–Kier alpha value is -2.54. The van der Waals surface area contributed by atoms with Crippen LogP contribution in [0.4, 0.5) is 5.69 Å². The Kier molecular flexibility index (Phi) is 4.67. The van der Waals surface area contributed by atoms with Gasteiger partial charge in [-0.15, -0.1) is 0 Å². The van der Waals surface area contributed by atoms with Gasteiger partial charge in [-0.3, -0.25) is 4.79 Å². The lowest BCUT2D eigenvalue weighted by Crippen LogP contribution is -2.12. The molecular weight excluding hydrogens is 306 g/mol. The lowest BCUT2D eigenvalue weighted by Gasteiger charge is -2.12. The van der Waals surface area contributed by atoms with Gasteiger partial charge >= 0.3 is 10.1 Å². The molecule has 2 aromatic rings. The Labute approximate surface area is 128 Å². The highest BCUT2D eigenvalue weighted by atomic mass is 32.2. The van der Waals surface area contributed by atoms with Crippen molar-refractivity contribution in [2.75, 3.05) is 12.4 Å². The van der Waals surface area contributed by atoms with E-state index in [0.29, 0.717) is 5.75 Å². The highest BCUT2D eigenvalue weighted by Gasteiger charge is 2.19. The molecule has 7 heteroatoms. The maximum absolute atomic E-state index is 12.3. The van der Waals surface area contributed by atoms with Crippen molar-refractivity contribution in [1.29, 1.82) is 0 Å². The minimum atomic E-state index is -4.00. The maximum atomic E-state index is 12.3. The van der Waals surface area contributed by atoms with Crippen molar-refractivity contribution in [1.82, 2.24) is 0 Å². The smallest absolute Gasteiger partial charge is 0.339 e. The number of hydrogen-bond donors (Lipinski definition) is 1. The highest BCUT2D eigenvalue weighted by Crippen LogP contribution is 2.28. The zero-order valence-electron chi connectivity index (χ0n) is 12.1. The van der Waals surface area contributed by atoms with Crippen LogP contribution in [0.3, 0.4) is 0 Å². The van der Waals surface area contributed by atoms with Crippen molar-refractivity contribution in [3.8, 4) is 11.5 Å². The van der Waals surface area contributed by atoms with E-state index in [1.807, 2.05) is 0 Å². The molecular formula is C15H15NO5S. The topological polar surface area (TPSA) is 81.7 Å². The first kappa shape index (κ1) is 15.8. The molecule has 1 N–H and O–H groups in total. The van der Waals surface area contributed by atoms with Crippen LogP contribution in [0.1, 0.15) is 6.92 Å². The Morgan fingerprint density at radius 3 is 2.36 bits per heavy atom. The Bertz CT molecular complexity index is 772. The SMILES string of the molecule is COc1ccc(S(=O)(=O)Oc2ccccc2)cc1NC(C)=O. The summed E-state index contributed by atoms with van der Waals surface area (Å²) >= 11 is 0. The van der Waals surface area contributed by atoms with Gasteiger partial charge in [0.25, 0.3) is 0 Å². The molecule has 0 radical (unpaired) electrons. The molecule has 0 fully saturated rings. The molecule has 116 valence electrons. The Morgan fingerprint density at radius 2 is 1.77 bits per heavy atom. The number of carbonyl (C=O) groups excluding carboxylic acids is 1. The summed E-state index contributed by atoms with van der Waals surface area (Å²) in [6.07, 6.45) is 0. The first-order chi connectivity index (χ1) is 10.4. The highest BCUT2D eigenvalue weighted by molar-refractivity contribution is 7.87. The normalized spacial score (nSPS) is 10.8. The molecule has 1 amide bonds. The number of benzene rings is 2. The summed E-state index contributed by atoms with van der Waals surface area (Å²) in [7, 11) is -2.58. The molecule has 0 saturated carbocycles. The van der Waals surface area contributed by atoms with E-state index in [0.717, 1.165) is 0 Å². The van der Waals surface area contributed by atoms with Crippen molar-refractivity contribution in [2.24, 2.45) is 0 Å². The molecule has 0 atom stereocenters. The van der Waals surface area contributed by atoms with Gasteiger partial charge in [0.05, 0.1) is 12.8 Å². The van der Waals surface area contributed by atoms with Gasteiger partial charge in [-0.05, 0) is 30.3 Å². The number of hydrogen-bond acceptors (Lipinski definition) is 5. The van der Waals surface area contributed by atoms with Crippen molar-refractivity contribution >= 4 is 21.7 Å². The van der Waals surface area contributed by atoms with E-state index in [2.05, 4.69) is 5.32 Å². The predicted molar refractivity (Wildman–Crippen MR) is 81.6 cm³/mol. The van der Waals surface area contributed by atoms with Gasteiger partial charge in [0.2, 0.25) is 5.91 Å². The number of rotatable bonds is 5. The second kappa shape index (κ2) is 6.48. The summed E-state index contributed by atoms with van der Waals surface area (Å²) in [5.41, 5.74) is 0.257. The van der Waals surface area contributed by atoms with E-state index in [4.69, 9.17) is 8.92 Å². The van der Waals surface area contributed by atoms with Crippen molar-refractivity contribution in [3.05, 3.63) is 48.5 Å². The fraction of sp³-hybridized carbons (Fsp3) is 0.133. The molecule has 2 aromatic carbocycles. The summed E-state index contributed by atoms with van der Waals surface area (Å²) in [6.45, 7) is 1.32. The summed E-state index contributed by atoms with van der Waals surface area (Å²) in [4.78, 5) is 11.1. The number of ether oxygens (including phenoxy) is 1. The van der Waals surface area contributed by atoms with Crippen LogP contribution in [0.15, 0.2) is 53.4 Å². The first-order valence-electron chi connectivity index (χ1n) is 6.37. The molecule has 0 heterocycles. The summed E-state index contributed by atoms with van der Waals surface area (Å²) < 4.78 is 34.6. The molecule has 0 saturated heterocycles. The van der Waals surface area contributed by atoms with Crippen LogP contribution in [0.2, 0.25) is 0 Å². The van der Waals surface area contributed by atoms with E-state index < -0.39 is 10.1 Å². The molecule has 0 aliphatic carbocycles. The molecule has 0 aromatic heterocycles. The third kappa shape index (κ3) is 3.76. The average Bonchev–Trinajstić information content (AvgIpc) is 2.47. The molecule has 22 heavy (non-hydrogen) atoms. The number of anilines is 1. The molecule has 0 aliphatic rings. The largest absolute Gasteiger partial charge is 0.495 e. The second-order valence-electron chi connectivity index (χ2n) is 4.39. The van der Waals surface area contributed by atoms with Gasteiger partial charge in [-0.1, -0.05) is 18.2 Å². The number of carbonyl (C=O) groups is 1. The molecule has 0 aliphatic heterocycles. The van der Waals surface area contributed by atoms with Crippen molar-refractivity contribution < 1.29 is 22.1 Å². The fourth-order valence-electron chi connectivity index (χ4n) is 1.78. The summed E-state index contributed by atoms with van der Waals surface area (Å²) in [5, 5.41) is 2.52. The van der Waals surface area contributed by atoms with Crippen LogP contribution in [0.25, 0.3) is 0 Å². The van der Waals surface area contributed by atoms with Gasteiger partial charge in [0.15, 0.2) is 0 Å². The Morgan fingerprint density at radius 1 is 1.09 bits per heavy atom. The monoisotopic (exact) mass is 321 g/mol. The van der Waals surface area contributed by atoms with Crippen LogP contribution in [-0.4, -0.2) is 21.4 Å². The van der Waals surface area contributed by atoms with Gasteiger partial charge in [0, 0.05) is 6.92 Å². The van der Waals surface area contributed by atoms with Crippen LogP contribution < -0.4 is 14.2 Å². The molecule has 6 nitrogen and oxygen atoms in total. The van der Waals surface area contributed by atoms with E-state index >= 15 is 0 Å². The van der Waals surface area contributed by atoms with E-state index in [9.17, 15) is 13.2 Å². The zero-order valence-corrected chi connectivity index (χ0v) is 12.9. The maximum Gasteiger partial charge on any atom is 0.339 e. The molecule has 0 unspecified atom stereocenters. The molecule has 0 bridgehead atoms. The molecule has 0 spiro atoms. The lowest BCUT2D eigenvalue weighted by molar-refractivity contribution is -0.114. The lowest BCUT2D eigenvalue weighted by atomic mass is 10.3. The number of nitrogens with one attached hydrogen (secondary N) is 1. The van der Waals surface area contributed by atoms with Crippen LogP contribution in [-0.2, 0) is 14.9 Å². The molecule has 2 rings (SSSR count).